The topological polar surface area (TPSA) is 95.2 Å². The van der Waals surface area contributed by atoms with Crippen LogP contribution >= 0.6 is 11.6 Å². The van der Waals surface area contributed by atoms with Crippen LogP contribution in [0, 0.1) is 5.82 Å². The third-order valence-corrected chi connectivity index (χ3v) is 7.73. The maximum absolute atomic E-state index is 15.6. The number of hydrogen-bond acceptors (Lipinski definition) is 6. The number of hydrogen-bond donors (Lipinski definition) is 2. The number of aliphatic hydroxyl groups is 1. The SMILES string of the molecule is CC.CO.COc1c(N2CCC(=C(Cl)CN(C)Cc3ccccc3)CC2)c(F)cc2c(=O)c(C(=O)O)cn(C3CC3)c12. The fourth-order valence-electron chi connectivity index (χ4n) is 5.30. The monoisotopic (exact) mass is 601 g/mol. The Labute approximate surface area is 251 Å². The molecule has 0 bridgehead atoms. The van der Waals surface area contributed by atoms with Crippen molar-refractivity contribution in [1.82, 2.24) is 9.47 Å². The molecule has 2 aliphatic rings. The Bertz CT molecular complexity index is 1460. The van der Waals surface area contributed by atoms with Gasteiger partial charge in [0.1, 0.15) is 11.3 Å². The molecule has 0 atom stereocenters. The van der Waals surface area contributed by atoms with E-state index in [1.54, 1.807) is 4.57 Å². The molecule has 2 aromatic carbocycles. The van der Waals surface area contributed by atoms with E-state index in [1.807, 2.05) is 44.0 Å². The number of carboxylic acids is 1. The molecule has 1 aliphatic heterocycles. The van der Waals surface area contributed by atoms with Crippen LogP contribution in [0.1, 0.15) is 61.5 Å². The van der Waals surface area contributed by atoms with Gasteiger partial charge in [-0.05, 0) is 44.4 Å². The van der Waals surface area contributed by atoms with Gasteiger partial charge in [0.05, 0.1) is 18.0 Å². The fourth-order valence-corrected chi connectivity index (χ4v) is 5.69. The minimum absolute atomic E-state index is 0.0250. The summed E-state index contributed by atoms with van der Waals surface area (Å²) in [5.41, 5.74) is 2.06. The fraction of sp³-hybridized carbons (Fsp3) is 0.438. The molecule has 2 N–H and O–H groups in total. The van der Waals surface area contributed by atoms with Gasteiger partial charge in [0.15, 0.2) is 11.6 Å². The van der Waals surface area contributed by atoms with E-state index in [1.165, 1.54) is 18.9 Å². The second-order valence-electron chi connectivity index (χ2n) is 10.1. The van der Waals surface area contributed by atoms with Gasteiger partial charge in [0.2, 0.25) is 5.43 Å². The number of aromatic nitrogens is 1. The molecule has 1 aromatic heterocycles. The van der Waals surface area contributed by atoms with E-state index in [-0.39, 0.29) is 22.7 Å². The van der Waals surface area contributed by atoms with Crippen LogP contribution in [0.2, 0.25) is 0 Å². The van der Waals surface area contributed by atoms with Crippen molar-refractivity contribution in [3.8, 4) is 5.75 Å². The summed E-state index contributed by atoms with van der Waals surface area (Å²) in [5.74, 6) is -1.66. The molecule has 0 radical (unpaired) electrons. The molecule has 8 nitrogen and oxygen atoms in total. The lowest BCUT2D eigenvalue weighted by atomic mass is 10.0. The summed E-state index contributed by atoms with van der Waals surface area (Å²) >= 11 is 6.74. The summed E-state index contributed by atoms with van der Waals surface area (Å²) in [6.45, 7) is 6.53. The molecule has 2 fully saturated rings. The smallest absolute Gasteiger partial charge is 0.341 e. The number of benzene rings is 2. The number of likely N-dealkylation sites (N-methyl/N-ethyl adjacent to an activating group) is 1. The molecule has 10 heteroatoms. The molecule has 0 spiro atoms. The summed E-state index contributed by atoms with van der Waals surface area (Å²) in [4.78, 5) is 28.7. The highest BCUT2D eigenvalue weighted by Crippen LogP contribution is 2.44. The number of aliphatic hydroxyl groups excluding tert-OH is 1. The van der Waals surface area contributed by atoms with Crippen LogP contribution in [0.15, 0.2) is 58.0 Å². The van der Waals surface area contributed by atoms with E-state index >= 15 is 4.39 Å². The van der Waals surface area contributed by atoms with Gasteiger partial charge in [-0.1, -0.05) is 61.4 Å². The summed E-state index contributed by atoms with van der Waals surface area (Å²) in [5, 5.41) is 17.4. The van der Waals surface area contributed by atoms with Gasteiger partial charge in [-0.25, -0.2) is 9.18 Å². The Balaban J connectivity index is 0.00000116. The minimum atomic E-state index is -1.32. The summed E-state index contributed by atoms with van der Waals surface area (Å²) in [6, 6.07) is 11.4. The lowest BCUT2D eigenvalue weighted by Gasteiger charge is -2.33. The maximum atomic E-state index is 15.6. The molecule has 3 aromatic rings. The number of nitrogens with zero attached hydrogens (tertiary/aromatic N) is 3. The molecule has 0 amide bonds. The first kappa shape index (κ1) is 33.1. The van der Waals surface area contributed by atoms with Crippen LogP contribution in [0.25, 0.3) is 10.9 Å². The molecule has 1 aliphatic carbocycles. The van der Waals surface area contributed by atoms with E-state index in [4.69, 9.17) is 21.4 Å². The van der Waals surface area contributed by atoms with E-state index < -0.39 is 17.2 Å². The molecular formula is C32H41ClFN3O5. The van der Waals surface area contributed by atoms with Crippen molar-refractivity contribution in [3.05, 3.63) is 80.4 Å². The highest BCUT2D eigenvalue weighted by atomic mass is 35.5. The minimum Gasteiger partial charge on any atom is -0.492 e. The van der Waals surface area contributed by atoms with Gasteiger partial charge in [0.25, 0.3) is 0 Å². The van der Waals surface area contributed by atoms with E-state index in [2.05, 4.69) is 17.0 Å². The zero-order valence-corrected chi connectivity index (χ0v) is 25.7. The molecule has 2 heterocycles. The zero-order chi connectivity index (χ0) is 31.0. The molecule has 228 valence electrons. The van der Waals surface area contributed by atoms with Crippen molar-refractivity contribution in [2.24, 2.45) is 0 Å². The van der Waals surface area contributed by atoms with Crippen LogP contribution in [0.4, 0.5) is 10.1 Å². The van der Waals surface area contributed by atoms with Gasteiger partial charge in [-0.2, -0.15) is 0 Å². The number of carboxylic acid groups (broad SMARTS) is 1. The van der Waals surface area contributed by atoms with Crippen molar-refractivity contribution in [1.29, 1.82) is 0 Å². The van der Waals surface area contributed by atoms with Crippen molar-refractivity contribution in [2.45, 2.75) is 52.1 Å². The Morgan fingerprint density at radius 1 is 1.14 bits per heavy atom. The molecule has 42 heavy (non-hydrogen) atoms. The first-order valence-electron chi connectivity index (χ1n) is 14.3. The Kier molecular flexibility index (Phi) is 12.0. The average Bonchev–Trinajstić information content (AvgIpc) is 3.85. The summed E-state index contributed by atoms with van der Waals surface area (Å²) < 4.78 is 23.1. The highest BCUT2D eigenvalue weighted by molar-refractivity contribution is 6.30. The third-order valence-electron chi connectivity index (χ3n) is 7.34. The predicted octanol–water partition coefficient (Wildman–Crippen LogP) is 6.04. The second-order valence-corrected chi connectivity index (χ2v) is 10.6. The van der Waals surface area contributed by atoms with Crippen molar-refractivity contribution in [3.63, 3.8) is 0 Å². The van der Waals surface area contributed by atoms with Gasteiger partial charge in [-0.15, -0.1) is 0 Å². The van der Waals surface area contributed by atoms with Crippen LogP contribution in [0.3, 0.4) is 0 Å². The largest absolute Gasteiger partial charge is 0.492 e. The number of carbonyl (C=O) groups is 1. The Morgan fingerprint density at radius 2 is 1.76 bits per heavy atom. The van der Waals surface area contributed by atoms with Gasteiger partial charge < -0.3 is 24.4 Å². The van der Waals surface area contributed by atoms with E-state index in [9.17, 15) is 14.7 Å². The number of methoxy groups -OCH3 is 1. The number of pyridine rings is 1. The van der Waals surface area contributed by atoms with Gasteiger partial charge in [-0.3, -0.25) is 9.69 Å². The average molecular weight is 602 g/mol. The lowest BCUT2D eigenvalue weighted by Crippen LogP contribution is -2.33. The van der Waals surface area contributed by atoms with Crippen molar-refractivity contribution in [2.75, 3.05) is 45.8 Å². The number of aromatic carboxylic acids is 1. The normalized spacial score (nSPS) is 14.6. The summed E-state index contributed by atoms with van der Waals surface area (Å²) in [6.07, 6.45) is 4.47. The molecule has 0 unspecified atom stereocenters. The molecule has 5 rings (SSSR count). The lowest BCUT2D eigenvalue weighted by molar-refractivity contribution is 0.0694. The number of fused-ring (bicyclic) bond motifs is 1. The Hall–Kier alpha value is -3.40. The zero-order valence-electron chi connectivity index (χ0n) is 25.0. The van der Waals surface area contributed by atoms with Gasteiger partial charge >= 0.3 is 5.97 Å². The number of piperidine rings is 1. The standard InChI is InChI=1S/C29H31ClFN3O4.C2H6.CH4O/c1-32(15-18-6-4-3-5-7-18)17-23(30)19-10-12-33(13-11-19)26-24(31)14-21-25(28(26)38-2)34(20-8-9-20)16-22(27(21)35)29(36)37;2*1-2/h3-7,14,16,20H,8-13,15,17H2,1-2H3,(H,36,37);1-2H3;2H,1H3. The molecular weight excluding hydrogens is 561 g/mol. The third kappa shape index (κ3) is 7.32. The molecule has 1 saturated carbocycles. The van der Waals surface area contributed by atoms with Gasteiger partial charge in [0, 0.05) is 50.6 Å². The van der Waals surface area contributed by atoms with E-state index in [0.29, 0.717) is 43.7 Å². The quantitative estimate of drug-likeness (QED) is 0.325. The number of ether oxygens (including phenoxy) is 1. The van der Waals surface area contributed by atoms with Crippen LogP contribution in [-0.2, 0) is 6.54 Å². The van der Waals surface area contributed by atoms with E-state index in [0.717, 1.165) is 43.2 Å². The highest BCUT2D eigenvalue weighted by Gasteiger charge is 2.32. The predicted molar refractivity (Wildman–Crippen MR) is 167 cm³/mol. The number of halogens is 2. The Morgan fingerprint density at radius 3 is 2.31 bits per heavy atom. The van der Waals surface area contributed by atoms with Crippen LogP contribution in [0.5, 0.6) is 5.75 Å². The molecule has 1 saturated heterocycles. The summed E-state index contributed by atoms with van der Waals surface area (Å²) in [7, 11) is 4.49. The second kappa shape index (κ2) is 15.2. The van der Waals surface area contributed by atoms with Crippen molar-refractivity contribution < 1.29 is 24.1 Å². The maximum Gasteiger partial charge on any atom is 0.341 e. The first-order chi connectivity index (χ1) is 20.3. The number of rotatable bonds is 8. The number of anilines is 1. The van der Waals surface area contributed by atoms with Crippen molar-refractivity contribution >= 4 is 34.2 Å². The van der Waals surface area contributed by atoms with Crippen LogP contribution < -0.4 is 15.1 Å². The van der Waals surface area contributed by atoms with Crippen LogP contribution in [-0.4, -0.2) is 66.6 Å². The first-order valence-corrected chi connectivity index (χ1v) is 14.6.